The number of hydrogen-bond acceptors (Lipinski definition) is 2. The molecule has 0 saturated carbocycles. The summed E-state index contributed by atoms with van der Waals surface area (Å²) in [6, 6.07) is 12.2. The molecule has 19 heavy (non-hydrogen) atoms. The summed E-state index contributed by atoms with van der Waals surface area (Å²) in [7, 11) is -4.15. The van der Waals surface area contributed by atoms with Gasteiger partial charge in [-0.3, -0.25) is 0 Å². The van der Waals surface area contributed by atoms with Gasteiger partial charge in [-0.15, -0.1) is 0 Å². The Balaban J connectivity index is 2.38. The fourth-order valence-corrected chi connectivity index (χ4v) is 2.51. The van der Waals surface area contributed by atoms with Gasteiger partial charge in [0.1, 0.15) is 5.82 Å². The second kappa shape index (κ2) is 5.32. The van der Waals surface area contributed by atoms with Crippen molar-refractivity contribution in [3.63, 3.8) is 0 Å². The summed E-state index contributed by atoms with van der Waals surface area (Å²) in [5, 5.41) is -1.27. The Hall–Kier alpha value is -2.01. The van der Waals surface area contributed by atoms with E-state index in [2.05, 4.69) is 0 Å². The summed E-state index contributed by atoms with van der Waals surface area (Å²) in [6.07, 6.45) is 0.863. The maximum atomic E-state index is 13.8. The van der Waals surface area contributed by atoms with E-state index in [-0.39, 0.29) is 10.5 Å². The molecule has 0 unspecified atom stereocenters. The SMILES string of the molecule is O=S(=O)(/C(F)=C/c1ccc(F)cc1)c1ccccc1. The molecule has 2 nitrogen and oxygen atoms in total. The van der Waals surface area contributed by atoms with Gasteiger partial charge in [0.25, 0.3) is 0 Å². The summed E-state index contributed by atoms with van der Waals surface area (Å²) in [5.74, 6) is -0.469. The zero-order chi connectivity index (χ0) is 13.9. The highest BCUT2D eigenvalue weighted by molar-refractivity contribution is 7.95. The van der Waals surface area contributed by atoms with Crippen molar-refractivity contribution in [3.8, 4) is 0 Å². The van der Waals surface area contributed by atoms with Crippen molar-refractivity contribution in [1.29, 1.82) is 0 Å². The Labute approximate surface area is 109 Å². The minimum Gasteiger partial charge on any atom is -0.216 e. The number of hydrogen-bond donors (Lipinski definition) is 0. The Morgan fingerprint density at radius 1 is 0.947 bits per heavy atom. The maximum Gasteiger partial charge on any atom is 0.233 e. The molecule has 5 heteroatoms. The zero-order valence-corrected chi connectivity index (χ0v) is 10.6. The number of rotatable bonds is 3. The largest absolute Gasteiger partial charge is 0.233 e. The number of sulfone groups is 1. The van der Waals surface area contributed by atoms with Crippen LogP contribution in [0.3, 0.4) is 0 Å². The molecular formula is C14H10F2O2S. The van der Waals surface area contributed by atoms with Crippen LogP contribution in [-0.4, -0.2) is 8.42 Å². The third kappa shape index (κ3) is 3.06. The van der Waals surface area contributed by atoms with Gasteiger partial charge in [0.15, 0.2) is 0 Å². The van der Waals surface area contributed by atoms with E-state index < -0.39 is 20.8 Å². The van der Waals surface area contributed by atoms with Crippen LogP contribution in [0.2, 0.25) is 0 Å². The standard InChI is InChI=1S/C14H10F2O2S/c15-12-8-6-11(7-9-12)10-14(16)19(17,18)13-4-2-1-3-5-13/h1-10H/b14-10+. The molecule has 0 spiro atoms. The lowest BCUT2D eigenvalue weighted by molar-refractivity contribution is 0.579. The first kappa shape index (κ1) is 13.4. The summed E-state index contributed by atoms with van der Waals surface area (Å²) in [6.45, 7) is 0. The van der Waals surface area contributed by atoms with Crippen molar-refractivity contribution in [2.24, 2.45) is 0 Å². The van der Waals surface area contributed by atoms with Crippen LogP contribution in [0, 0.1) is 5.82 Å². The van der Waals surface area contributed by atoms with Crippen LogP contribution in [0.4, 0.5) is 8.78 Å². The van der Waals surface area contributed by atoms with Gasteiger partial charge in [-0.1, -0.05) is 30.3 Å². The summed E-state index contributed by atoms with van der Waals surface area (Å²) in [5.41, 5.74) is 0.276. The molecule has 0 heterocycles. The fraction of sp³-hybridized carbons (Fsp3) is 0. The van der Waals surface area contributed by atoms with Gasteiger partial charge in [0.2, 0.25) is 15.0 Å². The van der Waals surface area contributed by atoms with E-state index >= 15 is 0 Å². The number of benzene rings is 2. The third-order valence-corrected chi connectivity index (χ3v) is 3.98. The van der Waals surface area contributed by atoms with E-state index in [4.69, 9.17) is 0 Å². The first-order valence-corrected chi connectivity index (χ1v) is 6.91. The average Bonchev–Trinajstić information content (AvgIpc) is 2.42. The highest BCUT2D eigenvalue weighted by Gasteiger charge is 2.20. The Morgan fingerprint density at radius 3 is 2.11 bits per heavy atom. The van der Waals surface area contributed by atoms with Gasteiger partial charge in [0.05, 0.1) is 4.90 Å². The van der Waals surface area contributed by atoms with Crippen LogP contribution in [0.25, 0.3) is 6.08 Å². The van der Waals surface area contributed by atoms with Crippen molar-refractivity contribution < 1.29 is 17.2 Å². The first-order chi connectivity index (χ1) is 9.00. The van der Waals surface area contributed by atoms with E-state index in [1.165, 1.54) is 36.4 Å². The minimum absolute atomic E-state index is 0.120. The van der Waals surface area contributed by atoms with E-state index in [9.17, 15) is 17.2 Å². The van der Waals surface area contributed by atoms with Crippen LogP contribution >= 0.6 is 0 Å². The lowest BCUT2D eigenvalue weighted by Gasteiger charge is -2.01. The molecule has 0 aliphatic heterocycles. The monoisotopic (exact) mass is 280 g/mol. The van der Waals surface area contributed by atoms with E-state index in [1.807, 2.05) is 0 Å². The molecule has 0 radical (unpaired) electrons. The quantitative estimate of drug-likeness (QED) is 0.861. The zero-order valence-electron chi connectivity index (χ0n) is 9.75. The van der Waals surface area contributed by atoms with Crippen molar-refractivity contribution >= 4 is 15.9 Å². The molecule has 0 fully saturated rings. The second-order valence-corrected chi connectivity index (χ2v) is 5.68. The first-order valence-electron chi connectivity index (χ1n) is 5.43. The Kier molecular flexibility index (Phi) is 3.76. The Bertz CT molecular complexity index is 690. The fourth-order valence-electron chi connectivity index (χ4n) is 1.48. The van der Waals surface area contributed by atoms with Crippen molar-refractivity contribution in [3.05, 3.63) is 71.1 Å². The van der Waals surface area contributed by atoms with Gasteiger partial charge in [-0.2, -0.15) is 4.39 Å². The van der Waals surface area contributed by atoms with Gasteiger partial charge in [-0.05, 0) is 35.9 Å². The topological polar surface area (TPSA) is 34.1 Å². The van der Waals surface area contributed by atoms with Gasteiger partial charge in [0, 0.05) is 0 Å². The molecule has 0 aliphatic rings. The van der Waals surface area contributed by atoms with Crippen LogP contribution in [0.1, 0.15) is 5.56 Å². The molecule has 0 aliphatic carbocycles. The van der Waals surface area contributed by atoms with Crippen molar-refractivity contribution in [1.82, 2.24) is 0 Å². The van der Waals surface area contributed by atoms with Gasteiger partial charge >= 0.3 is 0 Å². The van der Waals surface area contributed by atoms with Gasteiger partial charge in [-0.25, -0.2) is 12.8 Å². The molecule has 2 aromatic rings. The van der Waals surface area contributed by atoms with Crippen LogP contribution in [0.5, 0.6) is 0 Å². The molecule has 0 bridgehead atoms. The van der Waals surface area contributed by atoms with E-state index in [0.717, 1.165) is 18.2 Å². The molecular weight excluding hydrogens is 270 g/mol. The molecule has 2 rings (SSSR count). The van der Waals surface area contributed by atoms with Crippen LogP contribution in [0.15, 0.2) is 64.7 Å². The molecule has 0 aromatic heterocycles. The Morgan fingerprint density at radius 2 is 1.53 bits per heavy atom. The lowest BCUT2D eigenvalue weighted by atomic mass is 10.2. The maximum absolute atomic E-state index is 13.8. The molecule has 0 saturated heterocycles. The minimum atomic E-state index is -4.15. The predicted octanol–water partition coefficient (Wildman–Crippen LogP) is 3.57. The third-order valence-electron chi connectivity index (χ3n) is 2.46. The van der Waals surface area contributed by atoms with Crippen molar-refractivity contribution in [2.75, 3.05) is 0 Å². The van der Waals surface area contributed by atoms with Crippen molar-refractivity contribution in [2.45, 2.75) is 4.90 Å². The molecule has 98 valence electrons. The molecule has 0 N–H and O–H groups in total. The molecule has 0 amide bonds. The molecule has 0 atom stereocenters. The summed E-state index contributed by atoms with van der Waals surface area (Å²) >= 11 is 0. The normalized spacial score (nSPS) is 12.4. The predicted molar refractivity (Wildman–Crippen MR) is 69.1 cm³/mol. The highest BCUT2D eigenvalue weighted by Crippen LogP contribution is 2.22. The smallest absolute Gasteiger partial charge is 0.216 e. The summed E-state index contributed by atoms with van der Waals surface area (Å²) in [4.78, 5) is -0.120. The van der Waals surface area contributed by atoms with E-state index in [0.29, 0.717) is 0 Å². The van der Waals surface area contributed by atoms with Crippen LogP contribution < -0.4 is 0 Å². The average molecular weight is 280 g/mol. The highest BCUT2D eigenvalue weighted by atomic mass is 32.2. The molecule has 2 aromatic carbocycles. The number of halogens is 2. The van der Waals surface area contributed by atoms with Crippen LogP contribution in [-0.2, 0) is 9.84 Å². The second-order valence-electron chi connectivity index (χ2n) is 3.82. The van der Waals surface area contributed by atoms with E-state index in [1.54, 1.807) is 6.07 Å². The lowest BCUT2D eigenvalue weighted by Crippen LogP contribution is -2.00. The summed E-state index contributed by atoms with van der Waals surface area (Å²) < 4.78 is 50.3. The van der Waals surface area contributed by atoms with Gasteiger partial charge < -0.3 is 0 Å².